The molecule has 1 N–H and O–H groups in total. The maximum atomic E-state index is 14.5. The molecule has 2 saturated heterocycles. The number of fused-ring (bicyclic) bond motifs is 6. The van der Waals surface area contributed by atoms with Crippen LogP contribution in [0.15, 0.2) is 90.0 Å². The Morgan fingerprint density at radius 3 is 2.36 bits per heavy atom. The molecule has 198 valence electrons. The van der Waals surface area contributed by atoms with Crippen molar-refractivity contribution < 1.29 is 18.0 Å². The molecule has 8 nitrogen and oxygen atoms in total. The Hall–Kier alpha value is -3.41. The van der Waals surface area contributed by atoms with Gasteiger partial charge in [-0.2, -0.15) is 0 Å². The summed E-state index contributed by atoms with van der Waals surface area (Å²) >= 11 is 9.37. The lowest BCUT2D eigenvalue weighted by atomic mass is 9.72. The molecule has 2 amide bonds. The molecule has 0 unspecified atom stereocenters. The van der Waals surface area contributed by atoms with Crippen LogP contribution in [0.5, 0.6) is 0 Å². The summed E-state index contributed by atoms with van der Waals surface area (Å²) in [5.41, 5.74) is 1.72. The molecule has 4 heterocycles. The lowest BCUT2D eigenvalue weighted by molar-refractivity contribution is -0.157. The number of likely N-dealkylation sites (N-methyl/N-ethyl adjacent to an activating group) is 1. The summed E-state index contributed by atoms with van der Waals surface area (Å²) in [4.78, 5) is 32.3. The van der Waals surface area contributed by atoms with Crippen LogP contribution < -0.4 is 4.31 Å². The van der Waals surface area contributed by atoms with Crippen LogP contribution in [0, 0.1) is 0 Å². The van der Waals surface area contributed by atoms with Gasteiger partial charge in [-0.1, -0.05) is 54.6 Å². The standard InChI is InChI=1S/C28H24N4O4S3/c1-30-24(37)23(33)31-25-27(16-28(31,38)26(30)34,20-15-29-21-13-7-5-11-18(20)21)19-12-6-8-14-22(19)32(25)39(35,36)17-9-3-2-4-10-17/h2-15,24-25,29,37-38H,16H2,1H3/t24-,25-,27+,28-/m0/s1. The van der Waals surface area contributed by atoms with Gasteiger partial charge in [0, 0.05) is 30.6 Å². The van der Waals surface area contributed by atoms with E-state index < -0.39 is 43.7 Å². The van der Waals surface area contributed by atoms with Gasteiger partial charge in [-0.25, -0.2) is 12.7 Å². The van der Waals surface area contributed by atoms with Crippen molar-refractivity contribution in [3.8, 4) is 0 Å². The highest BCUT2D eigenvalue weighted by molar-refractivity contribution is 7.93. The zero-order valence-corrected chi connectivity index (χ0v) is 23.3. The van der Waals surface area contributed by atoms with Gasteiger partial charge in [-0.05, 0) is 35.4 Å². The predicted molar refractivity (Wildman–Crippen MR) is 154 cm³/mol. The molecule has 0 radical (unpaired) electrons. The second-order valence-electron chi connectivity index (χ2n) is 10.2. The first-order valence-electron chi connectivity index (χ1n) is 12.4. The van der Waals surface area contributed by atoms with Crippen molar-refractivity contribution in [3.05, 3.63) is 96.2 Å². The van der Waals surface area contributed by atoms with Crippen LogP contribution in [0.25, 0.3) is 10.9 Å². The second kappa shape index (κ2) is 8.06. The van der Waals surface area contributed by atoms with Gasteiger partial charge >= 0.3 is 0 Å². The number of H-pyrrole nitrogens is 1. The molecule has 1 aromatic heterocycles. The van der Waals surface area contributed by atoms with Crippen LogP contribution >= 0.6 is 25.3 Å². The molecular weight excluding hydrogens is 553 g/mol. The molecule has 2 fully saturated rings. The number of amides is 2. The molecular formula is C28H24N4O4S3. The van der Waals surface area contributed by atoms with Gasteiger partial charge in [0.15, 0.2) is 10.2 Å². The maximum Gasteiger partial charge on any atom is 0.266 e. The van der Waals surface area contributed by atoms with Crippen molar-refractivity contribution in [2.24, 2.45) is 0 Å². The van der Waals surface area contributed by atoms with Crippen molar-refractivity contribution >= 4 is 63.7 Å². The number of para-hydroxylation sites is 2. The molecule has 3 aliphatic heterocycles. The van der Waals surface area contributed by atoms with Crippen molar-refractivity contribution in [1.82, 2.24) is 14.8 Å². The number of thiol groups is 2. The van der Waals surface area contributed by atoms with Crippen molar-refractivity contribution in [2.45, 2.75) is 33.1 Å². The Morgan fingerprint density at radius 1 is 0.923 bits per heavy atom. The van der Waals surface area contributed by atoms with Crippen LogP contribution in [0.2, 0.25) is 0 Å². The number of carbonyl (C=O) groups excluding carboxylic acids is 2. The second-order valence-corrected chi connectivity index (χ2v) is 13.3. The van der Waals surface area contributed by atoms with Crippen LogP contribution in [0.1, 0.15) is 17.5 Å². The summed E-state index contributed by atoms with van der Waals surface area (Å²) in [5, 5.41) is -0.203. The Morgan fingerprint density at radius 2 is 1.59 bits per heavy atom. The van der Waals surface area contributed by atoms with E-state index in [0.29, 0.717) is 11.3 Å². The van der Waals surface area contributed by atoms with Gasteiger partial charge in [0.1, 0.15) is 6.17 Å². The van der Waals surface area contributed by atoms with Gasteiger partial charge in [0.05, 0.1) is 16.0 Å². The molecule has 3 aromatic carbocycles. The van der Waals surface area contributed by atoms with Crippen LogP contribution in [-0.2, 0) is 25.0 Å². The quantitative estimate of drug-likeness (QED) is 0.325. The summed E-state index contributed by atoms with van der Waals surface area (Å²) in [7, 11) is -2.67. The van der Waals surface area contributed by atoms with E-state index in [-0.39, 0.29) is 11.3 Å². The van der Waals surface area contributed by atoms with Gasteiger partial charge < -0.3 is 9.88 Å². The summed E-state index contributed by atoms with van der Waals surface area (Å²) in [6, 6.07) is 23.1. The highest BCUT2D eigenvalue weighted by Gasteiger charge is 2.73. The molecule has 0 saturated carbocycles. The zero-order valence-electron chi connectivity index (χ0n) is 20.7. The number of hydrogen-bond acceptors (Lipinski definition) is 6. The lowest BCUT2D eigenvalue weighted by Crippen LogP contribution is -2.68. The third-order valence-corrected chi connectivity index (χ3v) is 11.2. The number of sulfonamides is 1. The molecule has 4 aromatic rings. The first-order chi connectivity index (χ1) is 18.6. The van der Waals surface area contributed by atoms with Crippen LogP contribution in [0.4, 0.5) is 5.69 Å². The van der Waals surface area contributed by atoms with Crippen LogP contribution in [-0.4, -0.2) is 58.5 Å². The number of piperazine rings is 1. The maximum absolute atomic E-state index is 14.5. The monoisotopic (exact) mass is 576 g/mol. The van der Waals surface area contributed by atoms with Gasteiger partial charge in [-0.3, -0.25) is 14.5 Å². The summed E-state index contributed by atoms with van der Waals surface area (Å²) in [5.74, 6) is -0.892. The van der Waals surface area contributed by atoms with E-state index in [1.807, 2.05) is 42.6 Å². The first-order valence-corrected chi connectivity index (χ1v) is 14.8. The smallest absolute Gasteiger partial charge is 0.266 e. The van der Waals surface area contributed by atoms with Gasteiger partial charge in [0.25, 0.3) is 21.8 Å². The Bertz CT molecular complexity index is 1790. The predicted octanol–water partition coefficient (Wildman–Crippen LogP) is 3.58. The third-order valence-electron chi connectivity index (χ3n) is 8.31. The normalized spacial score (nSPS) is 28.1. The fourth-order valence-electron chi connectivity index (χ4n) is 6.65. The van der Waals surface area contributed by atoms with Crippen molar-refractivity contribution in [1.29, 1.82) is 0 Å². The average Bonchev–Trinajstić information content (AvgIpc) is 3.58. The fraction of sp³-hybridized carbons (Fsp3) is 0.214. The summed E-state index contributed by atoms with van der Waals surface area (Å²) in [6.45, 7) is 0. The highest BCUT2D eigenvalue weighted by Crippen LogP contribution is 2.64. The minimum absolute atomic E-state index is 0.0723. The number of aromatic nitrogens is 1. The number of nitrogens with one attached hydrogen (secondary N) is 1. The number of benzene rings is 3. The van der Waals surface area contributed by atoms with E-state index in [0.717, 1.165) is 16.5 Å². The summed E-state index contributed by atoms with van der Waals surface area (Å²) < 4.78 is 30.3. The molecule has 39 heavy (non-hydrogen) atoms. The van der Waals surface area contributed by atoms with E-state index in [1.54, 1.807) is 30.3 Å². The van der Waals surface area contributed by atoms with E-state index in [4.69, 9.17) is 12.6 Å². The minimum atomic E-state index is -4.19. The zero-order chi connectivity index (χ0) is 27.3. The molecule has 0 aliphatic carbocycles. The number of aromatic amines is 1. The van der Waals surface area contributed by atoms with Crippen molar-refractivity contribution in [3.63, 3.8) is 0 Å². The lowest BCUT2D eigenvalue weighted by Gasteiger charge is -2.47. The largest absolute Gasteiger partial charge is 0.361 e. The number of nitrogens with zero attached hydrogens (tertiary/aromatic N) is 3. The fourth-order valence-corrected chi connectivity index (χ4v) is 9.18. The molecule has 4 atom stereocenters. The molecule has 0 bridgehead atoms. The first kappa shape index (κ1) is 24.6. The molecule has 0 spiro atoms. The van der Waals surface area contributed by atoms with Crippen molar-refractivity contribution in [2.75, 3.05) is 11.4 Å². The minimum Gasteiger partial charge on any atom is -0.361 e. The number of rotatable bonds is 3. The molecule has 3 aliphatic rings. The number of carbonyl (C=O) groups is 2. The molecule has 11 heteroatoms. The van der Waals surface area contributed by atoms with E-state index in [2.05, 4.69) is 17.6 Å². The van der Waals surface area contributed by atoms with Gasteiger partial charge in [-0.15, -0.1) is 25.3 Å². The molecule has 7 rings (SSSR count). The third kappa shape index (κ3) is 2.95. The number of anilines is 1. The highest BCUT2D eigenvalue weighted by atomic mass is 32.2. The van der Waals surface area contributed by atoms with E-state index in [9.17, 15) is 18.0 Å². The van der Waals surface area contributed by atoms with Crippen LogP contribution in [0.3, 0.4) is 0 Å². The average molecular weight is 577 g/mol. The van der Waals surface area contributed by atoms with Gasteiger partial charge in [0.2, 0.25) is 0 Å². The van der Waals surface area contributed by atoms with E-state index >= 15 is 0 Å². The van der Waals surface area contributed by atoms with E-state index in [1.165, 1.54) is 33.3 Å². The summed E-state index contributed by atoms with van der Waals surface area (Å²) in [6.07, 6.45) is 0.833. The number of hydrogen-bond donors (Lipinski definition) is 3. The Balaban J connectivity index is 1.60. The SMILES string of the molecule is CN1C(=O)[C@@]2(S)C[C@]3(c4c[nH]c5ccccc45)c4ccccc4N(S(=O)(=O)c4ccccc4)[C@@H]3N2C(=O)[C@@H]1S. The topological polar surface area (TPSA) is 93.8 Å². The Kier molecular flexibility index (Phi) is 5.09. The Labute approximate surface area is 236 Å².